The van der Waals surface area contributed by atoms with Gasteiger partial charge in [0.05, 0.1) is 7.11 Å². The van der Waals surface area contributed by atoms with Gasteiger partial charge in [0.2, 0.25) is 0 Å². The summed E-state index contributed by atoms with van der Waals surface area (Å²) in [6, 6.07) is 9.14. The fourth-order valence-corrected chi connectivity index (χ4v) is 1.87. The lowest BCUT2D eigenvalue weighted by Crippen LogP contribution is -2.06. The minimum atomic E-state index is -0.839. The van der Waals surface area contributed by atoms with Gasteiger partial charge in [-0.2, -0.15) is 0 Å². The third-order valence-electron chi connectivity index (χ3n) is 2.85. The maximum atomic E-state index is 10.4. The number of aliphatic hydroxyl groups excluding tert-OH is 1. The second-order valence-corrected chi connectivity index (χ2v) is 4.13. The number of nitrogen functional groups attached to an aromatic ring is 1. The van der Waals surface area contributed by atoms with E-state index in [1.165, 1.54) is 0 Å². The summed E-state index contributed by atoms with van der Waals surface area (Å²) >= 11 is 0. The molecule has 1 aromatic heterocycles. The Kier molecular flexibility index (Phi) is 3.48. The Bertz CT molecular complexity index is 555. The number of aromatic nitrogens is 1. The number of rotatable bonds is 3. The number of aliphatic hydroxyl groups is 1. The molecule has 0 radical (unpaired) electrons. The van der Waals surface area contributed by atoms with Crippen molar-refractivity contribution < 1.29 is 9.84 Å². The van der Waals surface area contributed by atoms with Crippen LogP contribution in [0.2, 0.25) is 0 Å². The molecule has 0 spiro atoms. The zero-order valence-electron chi connectivity index (χ0n) is 10.4. The lowest BCUT2D eigenvalue weighted by molar-refractivity contribution is 0.215. The van der Waals surface area contributed by atoms with Crippen LogP contribution in [0.1, 0.15) is 22.8 Å². The van der Waals surface area contributed by atoms with E-state index in [1.54, 1.807) is 25.4 Å². The Hall–Kier alpha value is -2.07. The number of anilines is 1. The van der Waals surface area contributed by atoms with E-state index in [-0.39, 0.29) is 0 Å². The molecule has 4 heteroatoms. The number of methoxy groups -OCH3 is 1. The van der Waals surface area contributed by atoms with Gasteiger partial charge in [0.1, 0.15) is 17.7 Å². The fourth-order valence-electron chi connectivity index (χ4n) is 1.87. The molecule has 3 N–H and O–H groups in total. The van der Waals surface area contributed by atoms with Crippen LogP contribution in [0.15, 0.2) is 36.5 Å². The van der Waals surface area contributed by atoms with Crippen molar-refractivity contribution in [2.24, 2.45) is 0 Å². The van der Waals surface area contributed by atoms with Gasteiger partial charge in [-0.3, -0.25) is 0 Å². The molecule has 0 amide bonds. The van der Waals surface area contributed by atoms with Crippen molar-refractivity contribution >= 4 is 5.82 Å². The van der Waals surface area contributed by atoms with Crippen molar-refractivity contribution in [3.8, 4) is 5.75 Å². The molecular weight excluding hydrogens is 228 g/mol. The average Bonchev–Trinajstić information content (AvgIpc) is 2.38. The van der Waals surface area contributed by atoms with Crippen LogP contribution in [0.25, 0.3) is 0 Å². The Labute approximate surface area is 106 Å². The van der Waals surface area contributed by atoms with Crippen LogP contribution >= 0.6 is 0 Å². The van der Waals surface area contributed by atoms with E-state index in [4.69, 9.17) is 10.5 Å². The second-order valence-electron chi connectivity index (χ2n) is 4.13. The minimum absolute atomic E-state index is 0.327. The summed E-state index contributed by atoms with van der Waals surface area (Å²) in [5.41, 5.74) is 8.11. The number of pyridine rings is 1. The Balaban J connectivity index is 2.46. The molecule has 1 unspecified atom stereocenters. The van der Waals surface area contributed by atoms with Crippen LogP contribution in [-0.2, 0) is 0 Å². The number of ether oxygens (including phenoxy) is 1. The van der Waals surface area contributed by atoms with Gasteiger partial charge < -0.3 is 15.6 Å². The van der Waals surface area contributed by atoms with E-state index in [9.17, 15) is 5.11 Å². The number of hydrogen-bond acceptors (Lipinski definition) is 4. The van der Waals surface area contributed by atoms with Gasteiger partial charge >= 0.3 is 0 Å². The molecule has 2 rings (SSSR count). The van der Waals surface area contributed by atoms with E-state index < -0.39 is 6.10 Å². The second kappa shape index (κ2) is 5.06. The van der Waals surface area contributed by atoms with Crippen molar-refractivity contribution in [2.75, 3.05) is 12.8 Å². The summed E-state index contributed by atoms with van der Waals surface area (Å²) in [5, 5.41) is 10.4. The summed E-state index contributed by atoms with van der Waals surface area (Å²) in [4.78, 5) is 3.98. The zero-order valence-corrected chi connectivity index (χ0v) is 10.4. The largest absolute Gasteiger partial charge is 0.496 e. The van der Waals surface area contributed by atoms with Gasteiger partial charge in [0, 0.05) is 17.3 Å². The highest BCUT2D eigenvalue weighted by molar-refractivity contribution is 5.48. The van der Waals surface area contributed by atoms with Crippen LogP contribution in [0.5, 0.6) is 5.75 Å². The normalized spacial score (nSPS) is 12.2. The molecule has 1 aromatic carbocycles. The smallest absolute Gasteiger partial charge is 0.129 e. The third-order valence-corrected chi connectivity index (χ3v) is 2.85. The zero-order chi connectivity index (χ0) is 13.1. The molecule has 0 saturated carbocycles. The van der Waals surface area contributed by atoms with E-state index in [2.05, 4.69) is 4.98 Å². The summed E-state index contributed by atoms with van der Waals surface area (Å²) in [5.74, 6) is 0.971. The molecule has 0 bridgehead atoms. The Morgan fingerprint density at radius 3 is 2.72 bits per heavy atom. The van der Waals surface area contributed by atoms with Gasteiger partial charge in [-0.1, -0.05) is 18.2 Å². The number of nitrogens with two attached hydrogens (primary N) is 1. The van der Waals surface area contributed by atoms with Gasteiger partial charge in [-0.05, 0) is 24.6 Å². The minimum Gasteiger partial charge on any atom is -0.496 e. The lowest BCUT2D eigenvalue weighted by atomic mass is 10.00. The quantitative estimate of drug-likeness (QED) is 0.867. The summed E-state index contributed by atoms with van der Waals surface area (Å²) in [6.07, 6.45) is 0.757. The monoisotopic (exact) mass is 244 g/mol. The Morgan fingerprint density at radius 2 is 2.06 bits per heavy atom. The van der Waals surface area contributed by atoms with Crippen LogP contribution in [0.4, 0.5) is 5.82 Å². The SMILES string of the molecule is COc1cc(C)ccc1C(O)c1cccnc1N. The molecule has 2 aromatic rings. The number of aryl methyl sites for hydroxylation is 1. The lowest BCUT2D eigenvalue weighted by Gasteiger charge is -2.16. The van der Waals surface area contributed by atoms with Gasteiger partial charge in [0.25, 0.3) is 0 Å². The van der Waals surface area contributed by atoms with Crippen LogP contribution < -0.4 is 10.5 Å². The van der Waals surface area contributed by atoms with Gasteiger partial charge in [-0.25, -0.2) is 4.98 Å². The predicted molar refractivity (Wildman–Crippen MR) is 70.4 cm³/mol. The van der Waals surface area contributed by atoms with E-state index in [1.807, 2.05) is 25.1 Å². The van der Waals surface area contributed by atoms with E-state index >= 15 is 0 Å². The number of hydrogen-bond donors (Lipinski definition) is 2. The highest BCUT2D eigenvalue weighted by Gasteiger charge is 2.17. The topological polar surface area (TPSA) is 68.4 Å². The molecule has 0 aliphatic heterocycles. The van der Waals surface area contributed by atoms with Crippen molar-refractivity contribution in [3.63, 3.8) is 0 Å². The molecule has 4 nitrogen and oxygen atoms in total. The summed E-state index contributed by atoms with van der Waals surface area (Å²) in [7, 11) is 1.58. The summed E-state index contributed by atoms with van der Waals surface area (Å²) in [6.45, 7) is 1.97. The van der Waals surface area contributed by atoms with Crippen molar-refractivity contribution in [1.29, 1.82) is 0 Å². The standard InChI is InChI=1S/C14H16N2O2/c1-9-5-6-10(12(8-9)18-2)13(17)11-4-3-7-16-14(11)15/h3-8,13,17H,1-2H3,(H2,15,16). The van der Waals surface area contributed by atoms with Gasteiger partial charge in [0.15, 0.2) is 0 Å². The molecule has 0 aliphatic carbocycles. The third kappa shape index (κ3) is 2.28. The fraction of sp³-hybridized carbons (Fsp3) is 0.214. The highest BCUT2D eigenvalue weighted by Crippen LogP contribution is 2.32. The first-order valence-electron chi connectivity index (χ1n) is 5.66. The molecular formula is C14H16N2O2. The van der Waals surface area contributed by atoms with Crippen LogP contribution in [0.3, 0.4) is 0 Å². The van der Waals surface area contributed by atoms with E-state index in [0.717, 1.165) is 5.56 Å². The Morgan fingerprint density at radius 1 is 1.28 bits per heavy atom. The van der Waals surface area contributed by atoms with Crippen molar-refractivity contribution in [3.05, 3.63) is 53.2 Å². The predicted octanol–water partition coefficient (Wildman–Crippen LogP) is 2.06. The molecule has 1 atom stereocenters. The molecule has 0 saturated heterocycles. The first-order valence-corrected chi connectivity index (χ1v) is 5.66. The summed E-state index contributed by atoms with van der Waals surface area (Å²) < 4.78 is 5.29. The maximum Gasteiger partial charge on any atom is 0.129 e. The van der Waals surface area contributed by atoms with Gasteiger partial charge in [-0.15, -0.1) is 0 Å². The first-order chi connectivity index (χ1) is 8.63. The van der Waals surface area contributed by atoms with Crippen molar-refractivity contribution in [1.82, 2.24) is 4.98 Å². The highest BCUT2D eigenvalue weighted by atomic mass is 16.5. The molecule has 18 heavy (non-hydrogen) atoms. The molecule has 1 heterocycles. The number of benzene rings is 1. The van der Waals surface area contributed by atoms with Crippen molar-refractivity contribution in [2.45, 2.75) is 13.0 Å². The number of nitrogens with zero attached hydrogens (tertiary/aromatic N) is 1. The van der Waals surface area contributed by atoms with Crippen LogP contribution in [-0.4, -0.2) is 17.2 Å². The molecule has 0 aliphatic rings. The maximum absolute atomic E-state index is 10.4. The van der Waals surface area contributed by atoms with Crippen LogP contribution in [0, 0.1) is 6.92 Å². The molecule has 0 fully saturated rings. The average molecular weight is 244 g/mol. The van der Waals surface area contributed by atoms with E-state index in [0.29, 0.717) is 22.7 Å². The molecule has 94 valence electrons. The first kappa shape index (κ1) is 12.4.